The van der Waals surface area contributed by atoms with Gasteiger partial charge in [-0.1, -0.05) is 6.07 Å². The van der Waals surface area contributed by atoms with E-state index in [-0.39, 0.29) is 0 Å². The van der Waals surface area contributed by atoms with Gasteiger partial charge in [0.1, 0.15) is 0 Å². The predicted molar refractivity (Wildman–Crippen MR) is 52.0 cm³/mol. The number of rotatable bonds is 1. The molecule has 74 valence electrons. The Morgan fingerprint density at radius 1 is 1.36 bits per heavy atom. The van der Waals surface area contributed by atoms with Crippen molar-refractivity contribution in [2.24, 2.45) is 0 Å². The SMILES string of the molecule is [CH]N1CCC(c2ccc(F)nc2)CC1. The number of hydrogen-bond acceptors (Lipinski definition) is 2. The molecule has 0 amide bonds. The maximum absolute atomic E-state index is 12.6. The number of piperidine rings is 1. The minimum absolute atomic E-state index is 0.412. The van der Waals surface area contributed by atoms with Crippen molar-refractivity contribution >= 4 is 0 Å². The summed E-state index contributed by atoms with van der Waals surface area (Å²) >= 11 is 0. The number of hydrogen-bond donors (Lipinski definition) is 0. The molecule has 1 aromatic rings. The Morgan fingerprint density at radius 3 is 2.64 bits per heavy atom. The van der Waals surface area contributed by atoms with Crippen LogP contribution in [-0.4, -0.2) is 23.0 Å². The largest absolute Gasteiger partial charge is 0.297 e. The Bertz CT molecular complexity index is 289. The first-order valence-electron chi connectivity index (χ1n) is 4.87. The van der Waals surface area contributed by atoms with Gasteiger partial charge in [-0.3, -0.25) is 4.90 Å². The smallest absolute Gasteiger partial charge is 0.212 e. The van der Waals surface area contributed by atoms with E-state index in [9.17, 15) is 4.39 Å². The predicted octanol–water partition coefficient (Wildman–Crippen LogP) is 2.07. The molecule has 14 heavy (non-hydrogen) atoms. The zero-order chi connectivity index (χ0) is 9.97. The molecule has 2 heterocycles. The molecule has 2 radical (unpaired) electrons. The van der Waals surface area contributed by atoms with E-state index in [1.165, 1.54) is 6.07 Å². The number of nitrogens with zero attached hydrogens (tertiary/aromatic N) is 2. The third-order valence-corrected chi connectivity index (χ3v) is 2.75. The first-order chi connectivity index (χ1) is 6.75. The van der Waals surface area contributed by atoms with Crippen LogP contribution < -0.4 is 0 Å². The van der Waals surface area contributed by atoms with Gasteiger partial charge < -0.3 is 0 Å². The average Bonchev–Trinajstić information content (AvgIpc) is 2.21. The lowest BCUT2D eigenvalue weighted by molar-refractivity contribution is 0.280. The fourth-order valence-electron chi connectivity index (χ4n) is 1.86. The van der Waals surface area contributed by atoms with Crippen LogP contribution in [0.15, 0.2) is 18.3 Å². The van der Waals surface area contributed by atoms with Crippen LogP contribution in [0.2, 0.25) is 0 Å². The molecule has 1 aliphatic rings. The van der Waals surface area contributed by atoms with Crippen LogP contribution in [0.1, 0.15) is 24.3 Å². The van der Waals surface area contributed by atoms with Crippen molar-refractivity contribution in [3.05, 3.63) is 36.9 Å². The van der Waals surface area contributed by atoms with Crippen LogP contribution in [0.3, 0.4) is 0 Å². The molecule has 0 atom stereocenters. The molecule has 1 aromatic heterocycles. The van der Waals surface area contributed by atoms with E-state index < -0.39 is 5.95 Å². The molecule has 1 saturated heterocycles. The number of aromatic nitrogens is 1. The second-order valence-corrected chi connectivity index (χ2v) is 3.72. The van der Waals surface area contributed by atoms with Gasteiger partial charge in [0.25, 0.3) is 0 Å². The fraction of sp³-hybridized carbons (Fsp3) is 0.455. The van der Waals surface area contributed by atoms with E-state index in [2.05, 4.69) is 4.98 Å². The molecule has 0 aromatic carbocycles. The third-order valence-electron chi connectivity index (χ3n) is 2.75. The van der Waals surface area contributed by atoms with Crippen LogP contribution in [0.5, 0.6) is 0 Å². The van der Waals surface area contributed by atoms with E-state index in [4.69, 9.17) is 7.05 Å². The number of pyridine rings is 1. The summed E-state index contributed by atoms with van der Waals surface area (Å²) in [5.41, 5.74) is 1.12. The van der Waals surface area contributed by atoms with E-state index in [1.807, 2.05) is 11.0 Å². The van der Waals surface area contributed by atoms with Gasteiger partial charge in [-0.15, -0.1) is 0 Å². The Balaban J connectivity index is 2.05. The topological polar surface area (TPSA) is 16.1 Å². The van der Waals surface area contributed by atoms with E-state index in [1.54, 1.807) is 6.20 Å². The molecule has 2 nitrogen and oxygen atoms in total. The molecule has 0 saturated carbocycles. The molecule has 1 fully saturated rings. The maximum Gasteiger partial charge on any atom is 0.212 e. The lowest BCUT2D eigenvalue weighted by atomic mass is 9.91. The summed E-state index contributed by atoms with van der Waals surface area (Å²) in [4.78, 5) is 5.49. The maximum atomic E-state index is 12.6. The molecule has 0 aliphatic carbocycles. The summed E-state index contributed by atoms with van der Waals surface area (Å²) < 4.78 is 12.6. The molecule has 0 bridgehead atoms. The first kappa shape index (κ1) is 9.59. The zero-order valence-corrected chi connectivity index (χ0v) is 7.99. The van der Waals surface area contributed by atoms with Crippen LogP contribution in [0.4, 0.5) is 4.39 Å². The van der Waals surface area contributed by atoms with Crippen LogP contribution in [0, 0.1) is 13.0 Å². The molecular formula is C11H13FN2. The Hall–Kier alpha value is -0.960. The molecule has 0 unspecified atom stereocenters. The van der Waals surface area contributed by atoms with Crippen molar-refractivity contribution in [1.29, 1.82) is 0 Å². The molecule has 3 heteroatoms. The van der Waals surface area contributed by atoms with Gasteiger partial charge in [0.2, 0.25) is 5.95 Å². The normalized spacial score (nSPS) is 19.9. The summed E-state index contributed by atoms with van der Waals surface area (Å²) in [6.07, 6.45) is 3.69. The van der Waals surface area contributed by atoms with E-state index in [0.29, 0.717) is 5.92 Å². The van der Waals surface area contributed by atoms with Crippen LogP contribution in [0.25, 0.3) is 0 Å². The zero-order valence-electron chi connectivity index (χ0n) is 7.99. The Kier molecular flexibility index (Phi) is 2.77. The van der Waals surface area contributed by atoms with Crippen molar-refractivity contribution in [2.45, 2.75) is 18.8 Å². The summed E-state index contributed by atoms with van der Waals surface area (Å²) in [5, 5.41) is 0. The van der Waals surface area contributed by atoms with Crippen molar-refractivity contribution in [3.63, 3.8) is 0 Å². The minimum Gasteiger partial charge on any atom is -0.297 e. The van der Waals surface area contributed by atoms with Crippen molar-refractivity contribution < 1.29 is 4.39 Å². The van der Waals surface area contributed by atoms with Crippen LogP contribution >= 0.6 is 0 Å². The Labute approximate surface area is 83.8 Å². The summed E-state index contributed by atoms with van der Waals surface area (Å²) in [6.45, 7) is 1.81. The second-order valence-electron chi connectivity index (χ2n) is 3.72. The lowest BCUT2D eigenvalue weighted by Crippen LogP contribution is -2.27. The van der Waals surface area contributed by atoms with E-state index >= 15 is 0 Å². The van der Waals surface area contributed by atoms with Gasteiger partial charge in [0, 0.05) is 13.2 Å². The second kappa shape index (κ2) is 4.05. The van der Waals surface area contributed by atoms with Gasteiger partial charge in [-0.05, 0) is 43.5 Å². The highest BCUT2D eigenvalue weighted by Crippen LogP contribution is 2.26. The lowest BCUT2D eigenvalue weighted by Gasteiger charge is -2.28. The van der Waals surface area contributed by atoms with Crippen molar-refractivity contribution in [2.75, 3.05) is 13.1 Å². The minimum atomic E-state index is -0.412. The highest BCUT2D eigenvalue weighted by atomic mass is 19.1. The quantitative estimate of drug-likeness (QED) is 0.633. The summed E-state index contributed by atoms with van der Waals surface area (Å²) in [6, 6.07) is 3.24. The Morgan fingerprint density at radius 2 is 2.07 bits per heavy atom. The highest BCUT2D eigenvalue weighted by molar-refractivity contribution is 5.15. The van der Waals surface area contributed by atoms with Gasteiger partial charge in [-0.2, -0.15) is 4.39 Å². The van der Waals surface area contributed by atoms with Crippen molar-refractivity contribution in [3.8, 4) is 0 Å². The standard InChI is InChI=1S/C11H13FN2/c1-14-6-4-9(5-7-14)10-2-3-11(12)13-8-10/h1-3,8-9H,4-7H2. The monoisotopic (exact) mass is 192 g/mol. The van der Waals surface area contributed by atoms with Gasteiger partial charge in [0.15, 0.2) is 0 Å². The summed E-state index contributed by atoms with van der Waals surface area (Å²) in [5.74, 6) is 0.0768. The molecule has 2 rings (SSSR count). The van der Waals surface area contributed by atoms with Gasteiger partial charge in [-0.25, -0.2) is 4.98 Å². The van der Waals surface area contributed by atoms with Gasteiger partial charge in [0.05, 0.1) is 0 Å². The van der Waals surface area contributed by atoms with Crippen LogP contribution in [-0.2, 0) is 0 Å². The molecule has 0 spiro atoms. The van der Waals surface area contributed by atoms with E-state index in [0.717, 1.165) is 31.5 Å². The fourth-order valence-corrected chi connectivity index (χ4v) is 1.86. The number of halogens is 1. The average molecular weight is 192 g/mol. The highest BCUT2D eigenvalue weighted by Gasteiger charge is 2.18. The first-order valence-corrected chi connectivity index (χ1v) is 4.87. The molecule has 1 aliphatic heterocycles. The summed E-state index contributed by atoms with van der Waals surface area (Å²) in [7, 11) is 5.66. The number of likely N-dealkylation sites (tertiary alicyclic amines) is 1. The molecule has 0 N–H and O–H groups in total. The molecular weight excluding hydrogens is 179 g/mol. The van der Waals surface area contributed by atoms with Gasteiger partial charge >= 0.3 is 0 Å². The third kappa shape index (κ3) is 2.10. The van der Waals surface area contributed by atoms with Crippen molar-refractivity contribution in [1.82, 2.24) is 9.88 Å².